The highest BCUT2D eigenvalue weighted by molar-refractivity contribution is 5.91. The van der Waals surface area contributed by atoms with E-state index in [-0.39, 0.29) is 23.2 Å². The quantitative estimate of drug-likeness (QED) is 0.767. The molecule has 0 unspecified atom stereocenters. The van der Waals surface area contributed by atoms with Crippen LogP contribution < -0.4 is 5.32 Å². The van der Waals surface area contributed by atoms with E-state index in [4.69, 9.17) is 0 Å². The van der Waals surface area contributed by atoms with Crippen molar-refractivity contribution in [2.24, 2.45) is 5.92 Å². The van der Waals surface area contributed by atoms with Crippen LogP contribution in [0.1, 0.15) is 54.1 Å². The number of aliphatic hydroxyl groups excluding tert-OH is 1. The van der Waals surface area contributed by atoms with Crippen LogP contribution in [0.25, 0.3) is 0 Å². The summed E-state index contributed by atoms with van der Waals surface area (Å²) in [4.78, 5) is 17.1. The third-order valence-electron chi connectivity index (χ3n) is 5.96. The van der Waals surface area contributed by atoms with Crippen molar-refractivity contribution in [3.8, 4) is 0 Å². The number of aliphatic hydroxyl groups is 1. The molecule has 26 heavy (non-hydrogen) atoms. The van der Waals surface area contributed by atoms with Gasteiger partial charge >= 0.3 is 0 Å². The summed E-state index contributed by atoms with van der Waals surface area (Å²) >= 11 is 0. The predicted molar refractivity (Wildman–Crippen MR) is 97.7 cm³/mol. The van der Waals surface area contributed by atoms with Crippen LogP contribution >= 0.6 is 0 Å². The summed E-state index contributed by atoms with van der Waals surface area (Å²) < 4.78 is 0. The molecule has 1 aromatic carbocycles. The fraction of sp³-hybridized carbons (Fsp3) is 0.550. The van der Waals surface area contributed by atoms with Gasteiger partial charge < -0.3 is 10.4 Å². The number of nitrogens with one attached hydrogen (secondary N) is 2. The maximum Gasteiger partial charge on any atom is 0.230 e. The number of benzene rings is 1. The number of nitrogens with zero attached hydrogens (tertiary/aromatic N) is 2. The van der Waals surface area contributed by atoms with Gasteiger partial charge in [-0.05, 0) is 45.1 Å². The lowest BCUT2D eigenvalue weighted by molar-refractivity contribution is -0.123. The summed E-state index contributed by atoms with van der Waals surface area (Å²) in [6.45, 7) is 4.66. The maximum atomic E-state index is 12.9. The van der Waals surface area contributed by atoms with E-state index < -0.39 is 6.10 Å². The summed E-state index contributed by atoms with van der Waals surface area (Å²) in [6.07, 6.45) is 4.36. The molecule has 0 aliphatic heterocycles. The van der Waals surface area contributed by atoms with E-state index in [0.29, 0.717) is 13.0 Å². The largest absolute Gasteiger partial charge is 0.393 e. The van der Waals surface area contributed by atoms with Crippen LogP contribution in [0.5, 0.6) is 0 Å². The van der Waals surface area contributed by atoms with Crippen LogP contribution in [-0.2, 0) is 10.2 Å². The highest BCUT2D eigenvalue weighted by Crippen LogP contribution is 2.49. The van der Waals surface area contributed by atoms with E-state index in [0.717, 1.165) is 30.7 Å². The van der Waals surface area contributed by atoms with E-state index in [1.807, 2.05) is 0 Å². The van der Waals surface area contributed by atoms with Crippen molar-refractivity contribution in [1.29, 1.82) is 0 Å². The Morgan fingerprint density at radius 1 is 1.27 bits per heavy atom. The number of carbonyl (C=O) groups is 1. The minimum Gasteiger partial charge on any atom is -0.393 e. The van der Waals surface area contributed by atoms with Crippen molar-refractivity contribution in [1.82, 2.24) is 20.5 Å². The molecule has 0 saturated heterocycles. The molecule has 0 spiro atoms. The Balaban J connectivity index is 1.39. The third-order valence-corrected chi connectivity index (χ3v) is 5.96. The van der Waals surface area contributed by atoms with Crippen LogP contribution in [0, 0.1) is 19.8 Å². The zero-order valence-electron chi connectivity index (χ0n) is 15.3. The number of rotatable bonds is 5. The van der Waals surface area contributed by atoms with Gasteiger partial charge in [-0.1, -0.05) is 29.3 Å². The number of hydrogen-bond acceptors (Lipinski definition) is 4. The Kier molecular flexibility index (Phi) is 4.31. The first-order chi connectivity index (χ1) is 12.5. The first-order valence-electron chi connectivity index (χ1n) is 9.38. The number of hydrogen-bond donors (Lipinski definition) is 3. The second-order valence-electron chi connectivity index (χ2n) is 8.03. The van der Waals surface area contributed by atoms with Gasteiger partial charge in [-0.25, -0.2) is 4.98 Å². The second-order valence-corrected chi connectivity index (χ2v) is 8.03. The van der Waals surface area contributed by atoms with Gasteiger partial charge in [0, 0.05) is 18.4 Å². The average Bonchev–Trinajstić information content (AvgIpc) is 3.06. The van der Waals surface area contributed by atoms with Gasteiger partial charge in [-0.2, -0.15) is 5.10 Å². The van der Waals surface area contributed by atoms with E-state index in [9.17, 15) is 9.90 Å². The van der Waals surface area contributed by atoms with Gasteiger partial charge in [0.25, 0.3) is 0 Å². The number of aromatic amines is 1. The van der Waals surface area contributed by atoms with Gasteiger partial charge in [0.15, 0.2) is 0 Å². The SMILES string of the molecule is Cc1cc(C)cc(C2(C(=O)NC[C@@H]3C[C@@H](c4ncn[nH]4)C[C@@H]3O)CC2)c1. The van der Waals surface area contributed by atoms with Crippen molar-refractivity contribution in [3.63, 3.8) is 0 Å². The van der Waals surface area contributed by atoms with Crippen LogP contribution in [-0.4, -0.2) is 38.8 Å². The highest BCUT2D eigenvalue weighted by Gasteiger charge is 2.51. The molecule has 3 N–H and O–H groups in total. The third kappa shape index (κ3) is 3.14. The van der Waals surface area contributed by atoms with Crippen LogP contribution in [0.2, 0.25) is 0 Å². The number of carbonyl (C=O) groups excluding carboxylic acids is 1. The summed E-state index contributed by atoms with van der Waals surface area (Å²) in [5.41, 5.74) is 3.14. The van der Waals surface area contributed by atoms with E-state index in [1.165, 1.54) is 17.5 Å². The first kappa shape index (κ1) is 17.2. The van der Waals surface area contributed by atoms with Crippen molar-refractivity contribution in [2.75, 3.05) is 6.54 Å². The zero-order chi connectivity index (χ0) is 18.3. The molecule has 1 heterocycles. The highest BCUT2D eigenvalue weighted by atomic mass is 16.3. The molecule has 1 amide bonds. The molecule has 138 valence electrons. The molecule has 0 bridgehead atoms. The standard InChI is InChI=1S/C20H26N4O2/c1-12-5-13(2)7-16(6-12)20(3-4-20)19(26)21-10-15-8-14(9-17(15)25)18-22-11-23-24-18/h5-7,11,14-15,17,25H,3-4,8-10H2,1-2H3,(H,21,26)(H,22,23,24)/t14-,15+,17+/m1/s1. The lowest BCUT2D eigenvalue weighted by atomic mass is 9.91. The molecule has 2 aliphatic rings. The Morgan fingerprint density at radius 3 is 2.62 bits per heavy atom. The number of H-pyrrole nitrogens is 1. The van der Waals surface area contributed by atoms with Crippen molar-refractivity contribution in [2.45, 2.75) is 57.0 Å². The van der Waals surface area contributed by atoms with Crippen LogP contribution in [0.15, 0.2) is 24.5 Å². The molecular formula is C20H26N4O2. The predicted octanol–water partition coefficient (Wildman–Crippen LogP) is 2.12. The molecule has 6 nitrogen and oxygen atoms in total. The van der Waals surface area contributed by atoms with Gasteiger partial charge in [-0.3, -0.25) is 9.89 Å². The van der Waals surface area contributed by atoms with Crippen molar-refractivity contribution < 1.29 is 9.90 Å². The molecular weight excluding hydrogens is 328 g/mol. The molecule has 2 aromatic rings. The van der Waals surface area contributed by atoms with Crippen molar-refractivity contribution in [3.05, 3.63) is 47.0 Å². The van der Waals surface area contributed by atoms with Crippen LogP contribution in [0.4, 0.5) is 0 Å². The maximum absolute atomic E-state index is 12.9. The molecule has 2 fully saturated rings. The van der Waals surface area contributed by atoms with Crippen LogP contribution in [0.3, 0.4) is 0 Å². The molecule has 6 heteroatoms. The molecule has 2 aliphatic carbocycles. The summed E-state index contributed by atoms with van der Waals surface area (Å²) in [5, 5.41) is 20.3. The Morgan fingerprint density at radius 2 is 2.00 bits per heavy atom. The Bertz CT molecular complexity index is 778. The second kappa shape index (κ2) is 6.50. The fourth-order valence-electron chi connectivity index (χ4n) is 4.37. The van der Waals surface area contributed by atoms with Gasteiger partial charge in [0.05, 0.1) is 11.5 Å². The van der Waals surface area contributed by atoms with E-state index >= 15 is 0 Å². The molecule has 3 atom stereocenters. The van der Waals surface area contributed by atoms with E-state index in [1.54, 1.807) is 0 Å². The van der Waals surface area contributed by atoms with Gasteiger partial charge in [0.2, 0.25) is 5.91 Å². The molecule has 0 radical (unpaired) electrons. The van der Waals surface area contributed by atoms with E-state index in [2.05, 4.69) is 52.5 Å². The monoisotopic (exact) mass is 354 g/mol. The Hall–Kier alpha value is -2.21. The number of amides is 1. The topological polar surface area (TPSA) is 90.9 Å². The smallest absolute Gasteiger partial charge is 0.230 e. The molecule has 4 rings (SSSR count). The average molecular weight is 354 g/mol. The number of aromatic nitrogens is 3. The summed E-state index contributed by atoms with van der Waals surface area (Å²) in [5.74, 6) is 1.16. The lowest BCUT2D eigenvalue weighted by Crippen LogP contribution is -2.39. The summed E-state index contributed by atoms with van der Waals surface area (Å²) in [6, 6.07) is 6.39. The number of aryl methyl sites for hydroxylation is 2. The van der Waals surface area contributed by atoms with Gasteiger partial charge in [-0.15, -0.1) is 0 Å². The zero-order valence-corrected chi connectivity index (χ0v) is 15.3. The lowest BCUT2D eigenvalue weighted by Gasteiger charge is -2.20. The molecule has 2 saturated carbocycles. The minimum atomic E-state index is -0.415. The minimum absolute atomic E-state index is 0.0593. The summed E-state index contributed by atoms with van der Waals surface area (Å²) in [7, 11) is 0. The normalized spacial score (nSPS) is 26.7. The first-order valence-corrected chi connectivity index (χ1v) is 9.38. The van der Waals surface area contributed by atoms with Crippen molar-refractivity contribution >= 4 is 5.91 Å². The fourth-order valence-corrected chi connectivity index (χ4v) is 4.37. The Labute approximate surface area is 153 Å². The molecule has 1 aromatic heterocycles. The van der Waals surface area contributed by atoms with Gasteiger partial charge in [0.1, 0.15) is 12.2 Å².